The third kappa shape index (κ3) is 7.38. The van der Waals surface area contributed by atoms with Gasteiger partial charge in [-0.1, -0.05) is 23.7 Å². The van der Waals surface area contributed by atoms with E-state index < -0.39 is 12.1 Å². The third-order valence-corrected chi connectivity index (χ3v) is 7.90. The molecule has 38 heavy (non-hydrogen) atoms. The Labute approximate surface area is 225 Å². The number of halogens is 4. The van der Waals surface area contributed by atoms with Crippen LogP contribution in [0.1, 0.15) is 42.7 Å². The molecule has 11 heteroatoms. The standard InChI is InChI=1S/C27H33ClF3N5O2/c28-22-3-1-19(2-4-22)23(16-34-26(38)27(29,30)31)20-8-13-36(14-9-20)25(37)21-6-11-35(12-7-21)17-18-5-10-33-24(32)15-18/h1-5,10,15,20-21,23H,6-9,11-14,16-17H2,(H2,32,33)(H,34,38). The molecule has 0 aliphatic carbocycles. The number of benzene rings is 1. The Bertz CT molecular complexity index is 1100. The minimum absolute atomic E-state index is 0.0246. The van der Waals surface area contributed by atoms with Gasteiger partial charge in [-0.15, -0.1) is 0 Å². The molecule has 7 nitrogen and oxygen atoms in total. The minimum atomic E-state index is -4.93. The van der Waals surface area contributed by atoms with Crippen LogP contribution >= 0.6 is 11.6 Å². The molecule has 206 valence electrons. The summed E-state index contributed by atoms with van der Waals surface area (Å²) >= 11 is 6.00. The van der Waals surface area contributed by atoms with Gasteiger partial charge in [0.05, 0.1) is 0 Å². The molecule has 1 aromatic heterocycles. The van der Waals surface area contributed by atoms with Crippen molar-refractivity contribution >= 4 is 29.2 Å². The molecule has 0 radical (unpaired) electrons. The summed E-state index contributed by atoms with van der Waals surface area (Å²) in [4.78, 5) is 33.0. The van der Waals surface area contributed by atoms with Crippen molar-refractivity contribution in [1.82, 2.24) is 20.1 Å². The van der Waals surface area contributed by atoms with E-state index in [0.29, 0.717) is 36.8 Å². The number of carbonyl (C=O) groups excluding carboxylic acids is 2. The zero-order valence-corrected chi connectivity index (χ0v) is 21.8. The first-order chi connectivity index (χ1) is 18.1. The van der Waals surface area contributed by atoms with Crippen LogP contribution in [0.25, 0.3) is 0 Å². The fraction of sp³-hybridized carbons (Fsp3) is 0.519. The Morgan fingerprint density at radius 3 is 2.32 bits per heavy atom. The van der Waals surface area contributed by atoms with Gasteiger partial charge in [-0.3, -0.25) is 14.5 Å². The number of aromatic nitrogens is 1. The summed E-state index contributed by atoms with van der Waals surface area (Å²) < 4.78 is 38.3. The van der Waals surface area contributed by atoms with Crippen LogP contribution in [0.2, 0.25) is 5.02 Å². The topological polar surface area (TPSA) is 91.6 Å². The molecule has 0 saturated carbocycles. The predicted molar refractivity (Wildman–Crippen MR) is 139 cm³/mol. The van der Waals surface area contributed by atoms with Gasteiger partial charge in [0.1, 0.15) is 5.82 Å². The average molecular weight is 552 g/mol. The third-order valence-electron chi connectivity index (χ3n) is 7.65. The van der Waals surface area contributed by atoms with Crippen LogP contribution in [0, 0.1) is 11.8 Å². The summed E-state index contributed by atoms with van der Waals surface area (Å²) in [5, 5.41) is 2.58. The molecular weight excluding hydrogens is 519 g/mol. The van der Waals surface area contributed by atoms with Gasteiger partial charge in [0.2, 0.25) is 5.91 Å². The number of alkyl halides is 3. The Morgan fingerprint density at radius 2 is 1.71 bits per heavy atom. The molecule has 2 aliphatic heterocycles. The Hall–Kier alpha value is -2.85. The fourth-order valence-electron chi connectivity index (χ4n) is 5.54. The summed E-state index contributed by atoms with van der Waals surface area (Å²) in [6, 6.07) is 10.8. The molecule has 2 aliphatic rings. The number of nitrogens with two attached hydrogens (primary N) is 1. The molecule has 0 spiro atoms. The number of rotatable bonds is 7. The first-order valence-corrected chi connectivity index (χ1v) is 13.3. The summed E-state index contributed by atoms with van der Waals surface area (Å²) in [5.74, 6) is -1.59. The summed E-state index contributed by atoms with van der Waals surface area (Å²) in [7, 11) is 0. The van der Waals surface area contributed by atoms with E-state index in [2.05, 4.69) is 15.2 Å². The van der Waals surface area contributed by atoms with E-state index >= 15 is 0 Å². The van der Waals surface area contributed by atoms with E-state index in [9.17, 15) is 22.8 Å². The van der Waals surface area contributed by atoms with Crippen LogP contribution in [0.4, 0.5) is 19.0 Å². The summed E-state index contributed by atoms with van der Waals surface area (Å²) in [6.45, 7) is 3.41. The molecule has 3 heterocycles. The second-order valence-electron chi connectivity index (χ2n) is 10.2. The van der Waals surface area contributed by atoms with Gasteiger partial charge in [-0.2, -0.15) is 13.2 Å². The number of piperidine rings is 2. The highest BCUT2D eigenvalue weighted by atomic mass is 35.5. The number of anilines is 1. The predicted octanol–water partition coefficient (Wildman–Crippen LogP) is 4.23. The number of nitrogens with one attached hydrogen (secondary N) is 1. The van der Waals surface area contributed by atoms with Crippen LogP contribution < -0.4 is 11.1 Å². The van der Waals surface area contributed by atoms with Gasteiger partial charge in [0, 0.05) is 49.2 Å². The van der Waals surface area contributed by atoms with Gasteiger partial charge < -0.3 is 16.0 Å². The Balaban J connectivity index is 1.30. The molecule has 1 aromatic carbocycles. The molecule has 2 saturated heterocycles. The van der Waals surface area contributed by atoms with E-state index in [1.54, 1.807) is 30.5 Å². The monoisotopic (exact) mass is 551 g/mol. The fourth-order valence-corrected chi connectivity index (χ4v) is 5.66. The largest absolute Gasteiger partial charge is 0.471 e. The molecule has 1 atom stereocenters. The van der Waals surface area contributed by atoms with Crippen molar-refractivity contribution in [3.8, 4) is 0 Å². The van der Waals surface area contributed by atoms with Crippen LogP contribution in [0.3, 0.4) is 0 Å². The lowest BCUT2D eigenvalue weighted by Gasteiger charge is -2.39. The van der Waals surface area contributed by atoms with Gasteiger partial charge in [-0.05, 0) is 80.1 Å². The van der Waals surface area contributed by atoms with Gasteiger partial charge in [0.25, 0.3) is 0 Å². The maximum absolute atomic E-state index is 13.3. The van der Waals surface area contributed by atoms with Crippen molar-refractivity contribution in [3.05, 3.63) is 58.7 Å². The zero-order chi connectivity index (χ0) is 27.3. The van der Waals surface area contributed by atoms with Crippen LogP contribution in [-0.4, -0.2) is 65.5 Å². The van der Waals surface area contributed by atoms with Crippen molar-refractivity contribution < 1.29 is 22.8 Å². The summed E-state index contributed by atoms with van der Waals surface area (Å²) in [6.07, 6.45) is -0.341. The normalized spacial score (nSPS) is 18.8. The van der Waals surface area contributed by atoms with E-state index in [-0.39, 0.29) is 30.2 Å². The van der Waals surface area contributed by atoms with Crippen molar-refractivity contribution in [2.24, 2.45) is 11.8 Å². The maximum atomic E-state index is 13.3. The minimum Gasteiger partial charge on any atom is -0.384 e. The zero-order valence-electron chi connectivity index (χ0n) is 21.1. The summed E-state index contributed by atoms with van der Waals surface area (Å²) in [5.41, 5.74) is 7.70. The van der Waals surface area contributed by atoms with E-state index in [4.69, 9.17) is 17.3 Å². The van der Waals surface area contributed by atoms with Gasteiger partial charge in [0.15, 0.2) is 0 Å². The number of pyridine rings is 1. The molecule has 4 rings (SSSR count). The lowest BCUT2D eigenvalue weighted by atomic mass is 9.79. The number of amides is 2. The maximum Gasteiger partial charge on any atom is 0.471 e. The highest BCUT2D eigenvalue weighted by molar-refractivity contribution is 6.30. The SMILES string of the molecule is Nc1cc(CN2CCC(C(=O)N3CCC(C(CNC(=O)C(F)(F)F)c4ccc(Cl)cc4)CC3)CC2)ccn1. The molecule has 2 fully saturated rings. The smallest absolute Gasteiger partial charge is 0.384 e. The van der Waals surface area contributed by atoms with E-state index in [0.717, 1.165) is 43.6 Å². The highest BCUT2D eigenvalue weighted by Crippen LogP contribution is 2.34. The molecule has 2 amide bonds. The molecule has 3 N–H and O–H groups in total. The van der Waals surface area contributed by atoms with Crippen molar-refractivity contribution in [2.45, 2.75) is 44.3 Å². The number of nitrogens with zero attached hydrogens (tertiary/aromatic N) is 3. The number of hydrogen-bond donors (Lipinski definition) is 2. The number of hydrogen-bond acceptors (Lipinski definition) is 5. The number of carbonyl (C=O) groups is 2. The quantitative estimate of drug-likeness (QED) is 0.537. The number of likely N-dealkylation sites (tertiary alicyclic amines) is 2. The number of nitrogen functional groups attached to an aromatic ring is 1. The molecule has 1 unspecified atom stereocenters. The second kappa shape index (κ2) is 12.3. The lowest BCUT2D eigenvalue weighted by molar-refractivity contribution is -0.173. The van der Waals surface area contributed by atoms with Gasteiger partial charge >= 0.3 is 12.1 Å². The first-order valence-electron chi connectivity index (χ1n) is 12.9. The van der Waals surface area contributed by atoms with Crippen LogP contribution in [0.15, 0.2) is 42.6 Å². The molecule has 2 aromatic rings. The van der Waals surface area contributed by atoms with Crippen molar-refractivity contribution in [2.75, 3.05) is 38.5 Å². The average Bonchev–Trinajstić information content (AvgIpc) is 2.89. The lowest BCUT2D eigenvalue weighted by Crippen LogP contribution is -2.47. The Morgan fingerprint density at radius 1 is 1.05 bits per heavy atom. The first kappa shape index (κ1) is 28.2. The van der Waals surface area contributed by atoms with Gasteiger partial charge in [-0.25, -0.2) is 4.98 Å². The Kier molecular flexibility index (Phi) is 9.15. The highest BCUT2D eigenvalue weighted by Gasteiger charge is 2.40. The molecular formula is C27H33ClF3N5O2. The van der Waals surface area contributed by atoms with Crippen molar-refractivity contribution in [3.63, 3.8) is 0 Å². The van der Waals surface area contributed by atoms with Crippen LogP contribution in [0.5, 0.6) is 0 Å². The second-order valence-corrected chi connectivity index (χ2v) is 10.6. The van der Waals surface area contributed by atoms with Crippen LogP contribution in [-0.2, 0) is 16.1 Å². The molecule has 0 bridgehead atoms. The van der Waals surface area contributed by atoms with E-state index in [1.165, 1.54) is 0 Å². The van der Waals surface area contributed by atoms with Crippen molar-refractivity contribution in [1.29, 1.82) is 0 Å². The van der Waals surface area contributed by atoms with E-state index in [1.807, 2.05) is 17.0 Å².